The number of carbonyl (C=O) groups excluding carboxylic acids is 1. The smallest absolute Gasteiger partial charge is 0.407 e. The first-order chi connectivity index (χ1) is 13.8. The predicted molar refractivity (Wildman–Crippen MR) is 118 cm³/mol. The fraction of sp³-hybridized carbons (Fsp3) is 0.619. The zero-order valence-electron chi connectivity index (χ0n) is 18.2. The van der Waals surface area contributed by atoms with Crippen LogP contribution >= 0.6 is 23.2 Å². The molecule has 0 heterocycles. The standard InChI is InChI=1S/C21H32Cl2N2O5/c1-6-18(28)24(5)12-21(10-15(27)11-26,13-25(19(29)30)20(2,3)4)14-7-8-16(22)17(23)9-14/h7-9,15,26-27H,6,10-13H2,1-5H3,(H,29,30). The van der Waals surface area contributed by atoms with E-state index in [0.29, 0.717) is 10.6 Å². The minimum Gasteiger partial charge on any atom is -0.465 e. The van der Waals surface area contributed by atoms with Gasteiger partial charge in [-0.05, 0) is 44.9 Å². The number of rotatable bonds is 9. The molecule has 30 heavy (non-hydrogen) atoms. The summed E-state index contributed by atoms with van der Waals surface area (Å²) < 4.78 is 0. The van der Waals surface area contributed by atoms with E-state index in [1.54, 1.807) is 52.9 Å². The van der Waals surface area contributed by atoms with Crippen molar-refractivity contribution in [3.8, 4) is 0 Å². The largest absolute Gasteiger partial charge is 0.465 e. The third kappa shape index (κ3) is 6.74. The third-order valence-electron chi connectivity index (χ3n) is 5.14. The van der Waals surface area contributed by atoms with Gasteiger partial charge in [0.2, 0.25) is 5.91 Å². The molecule has 0 aliphatic rings. The molecule has 0 fully saturated rings. The number of aliphatic hydroxyl groups excluding tert-OH is 2. The summed E-state index contributed by atoms with van der Waals surface area (Å²) in [5.74, 6) is -0.129. The summed E-state index contributed by atoms with van der Waals surface area (Å²) >= 11 is 12.3. The van der Waals surface area contributed by atoms with Gasteiger partial charge in [0.15, 0.2) is 0 Å². The number of hydrogen-bond acceptors (Lipinski definition) is 4. The maximum absolute atomic E-state index is 12.4. The fourth-order valence-electron chi connectivity index (χ4n) is 3.53. The van der Waals surface area contributed by atoms with Gasteiger partial charge in [-0.3, -0.25) is 4.79 Å². The van der Waals surface area contributed by atoms with Crippen LogP contribution in [0.25, 0.3) is 0 Å². The number of hydrogen-bond donors (Lipinski definition) is 3. The van der Waals surface area contributed by atoms with E-state index in [4.69, 9.17) is 23.2 Å². The Morgan fingerprint density at radius 2 is 1.73 bits per heavy atom. The van der Waals surface area contributed by atoms with Crippen molar-refractivity contribution in [1.29, 1.82) is 0 Å². The summed E-state index contributed by atoms with van der Waals surface area (Å²) in [6.45, 7) is 6.63. The summed E-state index contributed by atoms with van der Waals surface area (Å²) in [7, 11) is 1.63. The molecule has 0 saturated heterocycles. The van der Waals surface area contributed by atoms with E-state index in [2.05, 4.69) is 0 Å². The zero-order chi connectivity index (χ0) is 23.3. The molecule has 7 nitrogen and oxygen atoms in total. The molecule has 1 aromatic rings. The molecule has 3 N–H and O–H groups in total. The van der Waals surface area contributed by atoms with E-state index in [1.165, 1.54) is 9.80 Å². The lowest BCUT2D eigenvalue weighted by molar-refractivity contribution is -0.130. The van der Waals surface area contributed by atoms with E-state index < -0.39 is 29.8 Å². The van der Waals surface area contributed by atoms with Gasteiger partial charge >= 0.3 is 6.09 Å². The molecule has 0 saturated carbocycles. The monoisotopic (exact) mass is 462 g/mol. The Balaban J connectivity index is 3.68. The zero-order valence-corrected chi connectivity index (χ0v) is 19.7. The van der Waals surface area contributed by atoms with Gasteiger partial charge in [-0.2, -0.15) is 0 Å². The number of benzene rings is 1. The summed E-state index contributed by atoms with van der Waals surface area (Å²) in [4.78, 5) is 27.2. The van der Waals surface area contributed by atoms with Gasteiger partial charge < -0.3 is 25.1 Å². The Kier molecular flexibility index (Phi) is 9.42. The first-order valence-corrected chi connectivity index (χ1v) is 10.5. The number of halogens is 2. The van der Waals surface area contributed by atoms with Crippen molar-refractivity contribution in [3.05, 3.63) is 33.8 Å². The first kappa shape index (κ1) is 26.5. The van der Waals surface area contributed by atoms with Crippen molar-refractivity contribution < 1.29 is 24.9 Å². The SMILES string of the molecule is CCC(=O)N(C)CC(CC(O)CO)(CN(C(=O)O)C(C)(C)C)c1ccc(Cl)c(Cl)c1. The highest BCUT2D eigenvalue weighted by Gasteiger charge is 2.42. The predicted octanol–water partition coefficient (Wildman–Crippen LogP) is 3.62. The second-order valence-corrected chi connectivity index (χ2v) is 9.41. The maximum Gasteiger partial charge on any atom is 0.407 e. The minimum atomic E-state index is -1.13. The second kappa shape index (κ2) is 10.7. The molecule has 1 aromatic carbocycles. The molecule has 0 aromatic heterocycles. The summed E-state index contributed by atoms with van der Waals surface area (Å²) in [5.41, 5.74) is -1.16. The fourth-order valence-corrected chi connectivity index (χ4v) is 3.83. The highest BCUT2D eigenvalue weighted by molar-refractivity contribution is 6.42. The second-order valence-electron chi connectivity index (χ2n) is 8.59. The minimum absolute atomic E-state index is 0.0165. The average molecular weight is 463 g/mol. The molecule has 0 radical (unpaired) electrons. The van der Waals surface area contributed by atoms with Crippen molar-refractivity contribution in [2.45, 2.75) is 57.6 Å². The van der Waals surface area contributed by atoms with Gasteiger partial charge in [0.05, 0.1) is 22.8 Å². The Labute approximate surface area is 188 Å². The number of carboxylic acid groups (broad SMARTS) is 1. The van der Waals surface area contributed by atoms with Gasteiger partial charge in [0.1, 0.15) is 0 Å². The molecule has 0 aliphatic carbocycles. The summed E-state index contributed by atoms with van der Waals surface area (Å²) in [6, 6.07) is 4.94. The van der Waals surface area contributed by atoms with Crippen LogP contribution in [0, 0.1) is 0 Å². The molecule has 0 aliphatic heterocycles. The van der Waals surface area contributed by atoms with Crippen LogP contribution in [0.4, 0.5) is 4.79 Å². The highest BCUT2D eigenvalue weighted by Crippen LogP contribution is 2.37. The Bertz CT molecular complexity index is 753. The van der Waals surface area contributed by atoms with E-state index in [1.807, 2.05) is 0 Å². The summed E-state index contributed by atoms with van der Waals surface area (Å²) in [6.07, 6.45) is -1.96. The van der Waals surface area contributed by atoms with E-state index in [-0.39, 0.29) is 36.9 Å². The molecule has 0 bridgehead atoms. The summed E-state index contributed by atoms with van der Waals surface area (Å²) in [5, 5.41) is 30.4. The van der Waals surface area contributed by atoms with Gasteiger partial charge in [-0.15, -0.1) is 0 Å². The first-order valence-electron chi connectivity index (χ1n) is 9.76. The van der Waals surface area contributed by atoms with Crippen LogP contribution in [0.15, 0.2) is 18.2 Å². The van der Waals surface area contributed by atoms with Gasteiger partial charge in [-0.1, -0.05) is 36.2 Å². The lowest BCUT2D eigenvalue weighted by atomic mass is 9.74. The van der Waals surface area contributed by atoms with Crippen LogP contribution in [-0.4, -0.2) is 75.5 Å². The molecule has 2 unspecified atom stereocenters. The van der Waals surface area contributed by atoms with Gasteiger partial charge in [0.25, 0.3) is 0 Å². The van der Waals surface area contributed by atoms with Crippen LogP contribution in [0.1, 0.15) is 46.1 Å². The molecule has 0 spiro atoms. The number of amides is 2. The normalized spacial score (nSPS) is 14.7. The highest BCUT2D eigenvalue weighted by atomic mass is 35.5. The van der Waals surface area contributed by atoms with Crippen molar-refractivity contribution in [2.75, 3.05) is 26.7 Å². The number of nitrogens with zero attached hydrogens (tertiary/aromatic N) is 2. The third-order valence-corrected chi connectivity index (χ3v) is 5.88. The van der Waals surface area contributed by atoms with Crippen LogP contribution in [-0.2, 0) is 10.2 Å². The molecule has 9 heteroatoms. The van der Waals surface area contributed by atoms with E-state index in [9.17, 15) is 24.9 Å². The van der Waals surface area contributed by atoms with Crippen LogP contribution in [0.5, 0.6) is 0 Å². The van der Waals surface area contributed by atoms with Crippen molar-refractivity contribution in [1.82, 2.24) is 9.80 Å². The number of likely N-dealkylation sites (N-methyl/N-ethyl adjacent to an activating group) is 1. The molecule has 2 atom stereocenters. The molecule has 1 rings (SSSR count). The lowest BCUT2D eigenvalue weighted by Crippen LogP contribution is -2.56. The van der Waals surface area contributed by atoms with Gasteiger partial charge in [0, 0.05) is 37.5 Å². The maximum atomic E-state index is 12.4. The molecule has 2 amide bonds. The molecular formula is C21H32Cl2N2O5. The molecular weight excluding hydrogens is 431 g/mol. The number of carbonyl (C=O) groups is 2. The van der Waals surface area contributed by atoms with Crippen LogP contribution < -0.4 is 0 Å². The van der Waals surface area contributed by atoms with E-state index >= 15 is 0 Å². The molecule has 170 valence electrons. The van der Waals surface area contributed by atoms with Crippen molar-refractivity contribution >= 4 is 35.2 Å². The topological polar surface area (TPSA) is 101 Å². The Hall–Kier alpha value is -1.54. The quantitative estimate of drug-likeness (QED) is 0.519. The van der Waals surface area contributed by atoms with Crippen LogP contribution in [0.3, 0.4) is 0 Å². The number of aliphatic hydroxyl groups is 2. The van der Waals surface area contributed by atoms with Crippen molar-refractivity contribution in [2.24, 2.45) is 0 Å². The average Bonchev–Trinajstić information content (AvgIpc) is 2.65. The van der Waals surface area contributed by atoms with Crippen LogP contribution in [0.2, 0.25) is 10.0 Å². The van der Waals surface area contributed by atoms with Gasteiger partial charge in [-0.25, -0.2) is 4.79 Å². The van der Waals surface area contributed by atoms with Crippen molar-refractivity contribution in [3.63, 3.8) is 0 Å². The van der Waals surface area contributed by atoms with E-state index in [0.717, 1.165) is 0 Å². The Morgan fingerprint density at radius 1 is 1.13 bits per heavy atom. The lowest BCUT2D eigenvalue weighted by Gasteiger charge is -2.45. The Morgan fingerprint density at radius 3 is 2.17 bits per heavy atom.